The van der Waals surface area contributed by atoms with Gasteiger partial charge in [0.15, 0.2) is 0 Å². The van der Waals surface area contributed by atoms with Crippen LogP contribution in [-0.4, -0.2) is 5.91 Å². The molecule has 0 radical (unpaired) electrons. The van der Waals surface area contributed by atoms with Gasteiger partial charge < -0.3 is 5.73 Å². The maximum atomic E-state index is 9.84. The molecule has 0 unspecified atom stereocenters. The first-order valence-corrected chi connectivity index (χ1v) is 1.94. The number of primary amides is 1. The largest absolute Gasteiger partial charge is 0.366 e. The Morgan fingerprint density at radius 1 is 1.86 bits per heavy atom. The lowest BCUT2D eigenvalue weighted by molar-refractivity contribution is -0.113. The maximum absolute atomic E-state index is 9.84. The lowest BCUT2D eigenvalue weighted by Crippen LogP contribution is -2.04. The molecule has 2 nitrogen and oxygen atoms in total. The average molecular weight is 97.1 g/mol. The minimum Gasteiger partial charge on any atom is -0.366 e. The van der Waals surface area contributed by atoms with Crippen molar-refractivity contribution in [2.24, 2.45) is 5.73 Å². The molecule has 1 amide bonds. The summed E-state index contributed by atoms with van der Waals surface area (Å²) in [4.78, 5) is 9.84. The maximum Gasteiger partial charge on any atom is 0.249 e. The zero-order valence-corrected chi connectivity index (χ0v) is 4.14. The highest BCUT2D eigenvalue weighted by atomic mass is 16.1. The van der Waals surface area contributed by atoms with Crippen molar-refractivity contribution in [1.82, 2.24) is 0 Å². The van der Waals surface area contributed by atoms with Crippen LogP contribution in [0.4, 0.5) is 0 Å². The standard InChI is InChI=1S/C5H7NO/c1-2-3-4-5(6)7/h2,4H,1H3,(H2,6,7). The summed E-state index contributed by atoms with van der Waals surface area (Å²) in [5, 5.41) is 0. The number of rotatable bonds is 1. The highest BCUT2D eigenvalue weighted by molar-refractivity contribution is 5.85. The lowest BCUT2D eigenvalue weighted by atomic mass is 10.5. The first-order valence-electron chi connectivity index (χ1n) is 1.94. The van der Waals surface area contributed by atoms with Crippen LogP contribution >= 0.6 is 0 Å². The van der Waals surface area contributed by atoms with Gasteiger partial charge in [0, 0.05) is 6.08 Å². The molecule has 2 heteroatoms. The van der Waals surface area contributed by atoms with Crippen molar-refractivity contribution in [2.45, 2.75) is 6.92 Å². The molecule has 2 N–H and O–H groups in total. The van der Waals surface area contributed by atoms with Crippen LogP contribution in [0.2, 0.25) is 0 Å². The van der Waals surface area contributed by atoms with E-state index in [9.17, 15) is 4.79 Å². The van der Waals surface area contributed by atoms with Crippen LogP contribution in [0.15, 0.2) is 17.9 Å². The summed E-state index contributed by atoms with van der Waals surface area (Å²) in [5.41, 5.74) is 7.22. The highest BCUT2D eigenvalue weighted by Crippen LogP contribution is 1.61. The quantitative estimate of drug-likeness (QED) is 0.368. The molecule has 7 heavy (non-hydrogen) atoms. The molecule has 0 aromatic carbocycles. The minimum absolute atomic E-state index is 0.460. The predicted octanol–water partition coefficient (Wildman–Crippen LogP) is 0.203. The van der Waals surface area contributed by atoms with Crippen molar-refractivity contribution in [3.8, 4) is 0 Å². The zero-order valence-electron chi connectivity index (χ0n) is 4.14. The Morgan fingerprint density at radius 2 is 2.43 bits per heavy atom. The van der Waals surface area contributed by atoms with Gasteiger partial charge in [-0.3, -0.25) is 4.79 Å². The molecule has 0 aliphatic carbocycles. The van der Waals surface area contributed by atoms with E-state index in [2.05, 4.69) is 5.73 Å². The fraction of sp³-hybridized carbons (Fsp3) is 0.200. The second-order valence-corrected chi connectivity index (χ2v) is 1.00. The molecule has 0 heterocycles. The Morgan fingerprint density at radius 3 is 2.57 bits per heavy atom. The van der Waals surface area contributed by atoms with Gasteiger partial charge in [0.25, 0.3) is 0 Å². The van der Waals surface area contributed by atoms with Gasteiger partial charge in [-0.1, -0.05) is 0 Å². The molecule has 38 valence electrons. The van der Waals surface area contributed by atoms with Crippen LogP contribution in [0.1, 0.15) is 6.92 Å². The molecule has 0 atom stereocenters. The van der Waals surface area contributed by atoms with Gasteiger partial charge in [0.1, 0.15) is 0 Å². The Labute approximate surface area is 42.3 Å². The van der Waals surface area contributed by atoms with E-state index in [1.54, 1.807) is 13.0 Å². The number of amides is 1. The molecular formula is C5H7NO. The van der Waals surface area contributed by atoms with E-state index in [1.165, 1.54) is 6.08 Å². The van der Waals surface area contributed by atoms with Crippen LogP contribution in [0, 0.1) is 0 Å². The van der Waals surface area contributed by atoms with Crippen LogP contribution in [0.3, 0.4) is 0 Å². The summed E-state index contributed by atoms with van der Waals surface area (Å²) < 4.78 is 0. The van der Waals surface area contributed by atoms with Gasteiger partial charge in [-0.05, 0) is 13.0 Å². The van der Waals surface area contributed by atoms with E-state index >= 15 is 0 Å². The van der Waals surface area contributed by atoms with E-state index in [4.69, 9.17) is 5.73 Å². The molecule has 0 spiro atoms. The fourth-order valence-electron chi connectivity index (χ4n) is 0.165. The summed E-state index contributed by atoms with van der Waals surface area (Å²) >= 11 is 0. The molecule has 0 aliphatic heterocycles. The SMILES string of the molecule is CC=C=CC(N)=O. The third-order valence-electron chi connectivity index (χ3n) is 0.392. The van der Waals surface area contributed by atoms with Crippen LogP contribution in [0.5, 0.6) is 0 Å². The second kappa shape index (κ2) is 3.19. The normalized spacial score (nSPS) is 6.43. The molecule has 0 saturated carbocycles. The molecule has 0 bridgehead atoms. The minimum atomic E-state index is -0.460. The van der Waals surface area contributed by atoms with Crippen molar-refractivity contribution < 1.29 is 4.79 Å². The third kappa shape index (κ3) is 4.99. The monoisotopic (exact) mass is 97.1 g/mol. The molecular weight excluding hydrogens is 90.1 g/mol. The van der Waals surface area contributed by atoms with Crippen molar-refractivity contribution in [3.05, 3.63) is 17.9 Å². The third-order valence-corrected chi connectivity index (χ3v) is 0.392. The van der Waals surface area contributed by atoms with Crippen molar-refractivity contribution in [1.29, 1.82) is 0 Å². The van der Waals surface area contributed by atoms with Crippen molar-refractivity contribution >= 4 is 5.91 Å². The summed E-state index contributed by atoms with van der Waals surface area (Å²) in [6, 6.07) is 0. The predicted molar refractivity (Wildman–Crippen MR) is 27.5 cm³/mol. The van der Waals surface area contributed by atoms with Gasteiger partial charge in [-0.15, -0.1) is 5.73 Å². The Balaban J connectivity index is 3.70. The van der Waals surface area contributed by atoms with Crippen LogP contribution in [-0.2, 0) is 4.79 Å². The van der Waals surface area contributed by atoms with E-state index in [-0.39, 0.29) is 0 Å². The average Bonchev–Trinajstić information content (AvgIpc) is 1.61. The topological polar surface area (TPSA) is 43.1 Å². The van der Waals surface area contributed by atoms with Crippen LogP contribution < -0.4 is 5.73 Å². The molecule has 0 aliphatic rings. The van der Waals surface area contributed by atoms with E-state index < -0.39 is 5.91 Å². The second-order valence-electron chi connectivity index (χ2n) is 1.00. The molecule has 0 aromatic rings. The zero-order chi connectivity index (χ0) is 5.70. The number of carbonyl (C=O) groups is 1. The summed E-state index contributed by atoms with van der Waals surface area (Å²) in [5.74, 6) is -0.460. The van der Waals surface area contributed by atoms with Gasteiger partial charge in [-0.25, -0.2) is 0 Å². The first kappa shape index (κ1) is 5.99. The summed E-state index contributed by atoms with van der Waals surface area (Å²) in [6.07, 6.45) is 2.80. The lowest BCUT2D eigenvalue weighted by Gasteiger charge is -1.67. The van der Waals surface area contributed by atoms with E-state index in [1.807, 2.05) is 0 Å². The van der Waals surface area contributed by atoms with Gasteiger partial charge in [0.05, 0.1) is 0 Å². The molecule has 0 saturated heterocycles. The summed E-state index contributed by atoms with van der Waals surface area (Å²) in [7, 11) is 0. The van der Waals surface area contributed by atoms with Crippen molar-refractivity contribution in [2.75, 3.05) is 0 Å². The van der Waals surface area contributed by atoms with Gasteiger partial charge >= 0.3 is 0 Å². The van der Waals surface area contributed by atoms with E-state index in [0.29, 0.717) is 0 Å². The smallest absolute Gasteiger partial charge is 0.249 e. The summed E-state index contributed by atoms with van der Waals surface area (Å²) in [6.45, 7) is 1.76. The molecule has 0 rings (SSSR count). The Bertz CT molecular complexity index is 120. The molecule has 0 fully saturated rings. The van der Waals surface area contributed by atoms with E-state index in [0.717, 1.165) is 0 Å². The van der Waals surface area contributed by atoms with Gasteiger partial charge in [-0.2, -0.15) is 0 Å². The number of hydrogen-bond donors (Lipinski definition) is 1. The van der Waals surface area contributed by atoms with Crippen LogP contribution in [0.25, 0.3) is 0 Å². The first-order chi connectivity index (χ1) is 3.27. The number of hydrogen-bond acceptors (Lipinski definition) is 1. The fourth-order valence-corrected chi connectivity index (χ4v) is 0.165. The van der Waals surface area contributed by atoms with Crippen molar-refractivity contribution in [3.63, 3.8) is 0 Å². The number of carbonyl (C=O) groups excluding carboxylic acids is 1. The van der Waals surface area contributed by atoms with Gasteiger partial charge in [0.2, 0.25) is 5.91 Å². The number of nitrogens with two attached hydrogens (primary N) is 1. The Hall–Kier alpha value is -1.01. The highest BCUT2D eigenvalue weighted by Gasteiger charge is 1.73. The molecule has 0 aromatic heterocycles. The Kier molecular flexibility index (Phi) is 2.73.